The molecule has 2 aliphatic heterocycles. The summed E-state index contributed by atoms with van der Waals surface area (Å²) in [4.78, 5) is 36.9. The van der Waals surface area contributed by atoms with Gasteiger partial charge in [0.05, 0.1) is 6.07 Å². The molecule has 140 valence electrons. The summed E-state index contributed by atoms with van der Waals surface area (Å²) in [5, 5.41) is 23.3. The molecule has 0 atom stereocenters. The van der Waals surface area contributed by atoms with E-state index in [9.17, 15) is 4.79 Å². The lowest BCUT2D eigenvalue weighted by molar-refractivity contribution is -0.159. The van der Waals surface area contributed by atoms with Crippen LogP contribution in [0.5, 0.6) is 0 Å². The highest BCUT2D eigenvalue weighted by Gasteiger charge is 2.21. The fourth-order valence-electron chi connectivity index (χ4n) is 2.85. The van der Waals surface area contributed by atoms with Gasteiger partial charge in [-0.1, -0.05) is 0 Å². The van der Waals surface area contributed by atoms with Crippen molar-refractivity contribution in [1.29, 1.82) is 5.26 Å². The molecule has 25 heavy (non-hydrogen) atoms. The average Bonchev–Trinajstić information content (AvgIpc) is 3.12. The Labute approximate surface area is 147 Å². The number of carboxylic acids is 2. The van der Waals surface area contributed by atoms with Crippen LogP contribution in [-0.2, 0) is 14.4 Å². The minimum absolute atomic E-state index is 0.298. The van der Waals surface area contributed by atoms with Gasteiger partial charge in [-0.05, 0) is 25.9 Å². The first-order valence-corrected chi connectivity index (χ1v) is 8.49. The van der Waals surface area contributed by atoms with Gasteiger partial charge in [0.2, 0.25) is 5.91 Å². The van der Waals surface area contributed by atoms with Gasteiger partial charge in [0.25, 0.3) is 0 Å². The number of piperazine rings is 1. The molecule has 0 aromatic carbocycles. The van der Waals surface area contributed by atoms with Crippen molar-refractivity contribution in [2.24, 2.45) is 0 Å². The maximum absolute atomic E-state index is 12.1. The number of carboxylic acid groups (broad SMARTS) is 2. The first-order chi connectivity index (χ1) is 11.9. The van der Waals surface area contributed by atoms with Gasteiger partial charge in [0.1, 0.15) is 0 Å². The van der Waals surface area contributed by atoms with Crippen LogP contribution in [0.25, 0.3) is 0 Å². The molecule has 2 aliphatic rings. The van der Waals surface area contributed by atoms with Crippen LogP contribution in [0.1, 0.15) is 25.7 Å². The predicted octanol–water partition coefficient (Wildman–Crippen LogP) is -0.314. The van der Waals surface area contributed by atoms with Gasteiger partial charge in [-0.3, -0.25) is 9.69 Å². The Morgan fingerprint density at radius 1 is 0.840 bits per heavy atom. The van der Waals surface area contributed by atoms with E-state index in [0.29, 0.717) is 18.7 Å². The predicted molar refractivity (Wildman–Crippen MR) is 88.8 cm³/mol. The van der Waals surface area contributed by atoms with Crippen molar-refractivity contribution < 1.29 is 24.6 Å². The van der Waals surface area contributed by atoms with Crippen LogP contribution in [0, 0.1) is 11.3 Å². The summed E-state index contributed by atoms with van der Waals surface area (Å²) in [5.74, 6) is -3.35. The van der Waals surface area contributed by atoms with Crippen molar-refractivity contribution in [2.45, 2.75) is 25.7 Å². The zero-order valence-electron chi connectivity index (χ0n) is 14.4. The van der Waals surface area contributed by atoms with Crippen molar-refractivity contribution in [2.75, 3.05) is 52.4 Å². The normalized spacial score (nSPS) is 18.1. The fraction of sp³-hybridized carbons (Fsp3) is 0.750. The number of carbonyl (C=O) groups excluding carboxylic acids is 1. The fourth-order valence-corrected chi connectivity index (χ4v) is 2.85. The molecule has 9 heteroatoms. The van der Waals surface area contributed by atoms with Crippen LogP contribution < -0.4 is 0 Å². The number of hydrogen-bond acceptors (Lipinski definition) is 6. The summed E-state index contributed by atoms with van der Waals surface area (Å²) in [6.07, 6.45) is 3.82. The van der Waals surface area contributed by atoms with Crippen molar-refractivity contribution in [3.63, 3.8) is 0 Å². The number of aliphatic carboxylic acids is 2. The molecule has 0 bridgehead atoms. The third-order valence-corrected chi connectivity index (χ3v) is 4.29. The van der Waals surface area contributed by atoms with Gasteiger partial charge in [-0.25, -0.2) is 9.59 Å². The van der Waals surface area contributed by atoms with E-state index >= 15 is 0 Å². The number of rotatable bonds is 5. The first kappa shape index (κ1) is 20.9. The largest absolute Gasteiger partial charge is 0.473 e. The maximum Gasteiger partial charge on any atom is 0.414 e. The molecule has 0 unspecified atom stereocenters. The second kappa shape index (κ2) is 11.4. The Morgan fingerprint density at radius 2 is 1.36 bits per heavy atom. The number of likely N-dealkylation sites (tertiary alicyclic amines) is 1. The summed E-state index contributed by atoms with van der Waals surface area (Å²) in [7, 11) is 0. The number of amides is 1. The molecular formula is C16H26N4O5. The minimum atomic E-state index is -1.82. The van der Waals surface area contributed by atoms with E-state index in [4.69, 9.17) is 25.1 Å². The summed E-state index contributed by atoms with van der Waals surface area (Å²) < 4.78 is 0. The lowest BCUT2D eigenvalue weighted by atomic mass is 10.2. The van der Waals surface area contributed by atoms with E-state index in [0.717, 1.165) is 52.4 Å². The SMILES string of the molecule is N#CCCN1CCN(C(=O)CCN2CCCC2)CC1.O=C(O)C(=O)O. The van der Waals surface area contributed by atoms with Crippen LogP contribution in [-0.4, -0.2) is 95.1 Å². The Morgan fingerprint density at radius 3 is 1.84 bits per heavy atom. The number of nitriles is 1. The molecule has 0 radical (unpaired) electrons. The molecule has 2 saturated heterocycles. The summed E-state index contributed by atoms with van der Waals surface area (Å²) in [6.45, 7) is 7.56. The quantitative estimate of drug-likeness (QED) is 0.644. The first-order valence-electron chi connectivity index (χ1n) is 8.49. The van der Waals surface area contributed by atoms with Gasteiger partial charge in [-0.2, -0.15) is 5.26 Å². The van der Waals surface area contributed by atoms with E-state index < -0.39 is 11.9 Å². The second-order valence-electron chi connectivity index (χ2n) is 6.04. The third kappa shape index (κ3) is 8.47. The lowest BCUT2D eigenvalue weighted by Gasteiger charge is -2.34. The zero-order valence-corrected chi connectivity index (χ0v) is 14.4. The van der Waals surface area contributed by atoms with Gasteiger partial charge >= 0.3 is 11.9 Å². The monoisotopic (exact) mass is 354 g/mol. The van der Waals surface area contributed by atoms with E-state index in [1.807, 2.05) is 4.90 Å². The summed E-state index contributed by atoms with van der Waals surface area (Å²) in [6, 6.07) is 2.17. The molecule has 2 rings (SSSR count). The molecule has 2 N–H and O–H groups in total. The van der Waals surface area contributed by atoms with Crippen LogP contribution in [0.15, 0.2) is 0 Å². The highest BCUT2D eigenvalue weighted by molar-refractivity contribution is 6.27. The van der Waals surface area contributed by atoms with Crippen LogP contribution in [0.3, 0.4) is 0 Å². The molecule has 0 aromatic heterocycles. The molecule has 0 aliphatic carbocycles. The van der Waals surface area contributed by atoms with Crippen molar-refractivity contribution in [1.82, 2.24) is 14.7 Å². The Hall–Kier alpha value is -2.18. The molecule has 0 aromatic rings. The highest BCUT2D eigenvalue weighted by atomic mass is 16.4. The second-order valence-corrected chi connectivity index (χ2v) is 6.04. The number of carbonyl (C=O) groups is 3. The van der Waals surface area contributed by atoms with Gasteiger partial charge < -0.3 is 20.0 Å². The molecule has 9 nitrogen and oxygen atoms in total. The van der Waals surface area contributed by atoms with Gasteiger partial charge in [0, 0.05) is 52.1 Å². The summed E-state index contributed by atoms with van der Waals surface area (Å²) >= 11 is 0. The van der Waals surface area contributed by atoms with E-state index in [1.165, 1.54) is 12.8 Å². The maximum atomic E-state index is 12.1. The molecular weight excluding hydrogens is 328 g/mol. The van der Waals surface area contributed by atoms with Crippen LogP contribution in [0.2, 0.25) is 0 Å². The standard InChI is InChI=1S/C14H24N4O.C2H2O4/c15-5-3-8-17-10-12-18(13-11-17)14(19)4-9-16-6-1-2-7-16;3-1(4)2(5)6/h1-4,6-13H2;(H,3,4)(H,5,6). The topological polar surface area (TPSA) is 125 Å². The van der Waals surface area contributed by atoms with Gasteiger partial charge in [0.15, 0.2) is 0 Å². The Kier molecular flexibility index (Phi) is 9.50. The van der Waals surface area contributed by atoms with Crippen molar-refractivity contribution in [3.8, 4) is 6.07 Å². The average molecular weight is 354 g/mol. The van der Waals surface area contributed by atoms with Crippen LogP contribution >= 0.6 is 0 Å². The molecule has 2 heterocycles. The molecule has 0 spiro atoms. The van der Waals surface area contributed by atoms with E-state index in [1.54, 1.807) is 0 Å². The van der Waals surface area contributed by atoms with Crippen molar-refractivity contribution in [3.05, 3.63) is 0 Å². The molecule has 0 saturated carbocycles. The molecule has 1 amide bonds. The number of hydrogen-bond donors (Lipinski definition) is 2. The van der Waals surface area contributed by atoms with E-state index in [-0.39, 0.29) is 0 Å². The minimum Gasteiger partial charge on any atom is -0.473 e. The summed E-state index contributed by atoms with van der Waals surface area (Å²) in [5.41, 5.74) is 0. The van der Waals surface area contributed by atoms with Gasteiger partial charge in [-0.15, -0.1) is 0 Å². The van der Waals surface area contributed by atoms with Crippen LogP contribution in [0.4, 0.5) is 0 Å². The van der Waals surface area contributed by atoms with Crippen molar-refractivity contribution >= 4 is 17.8 Å². The van der Waals surface area contributed by atoms with E-state index in [2.05, 4.69) is 15.9 Å². The number of nitrogens with zero attached hydrogens (tertiary/aromatic N) is 4. The smallest absolute Gasteiger partial charge is 0.414 e. The Balaban J connectivity index is 0.000000450. The molecule has 2 fully saturated rings. The Bertz CT molecular complexity index is 479. The lowest BCUT2D eigenvalue weighted by Crippen LogP contribution is -2.49. The third-order valence-electron chi connectivity index (χ3n) is 4.29. The zero-order chi connectivity index (χ0) is 18.7. The highest BCUT2D eigenvalue weighted by Crippen LogP contribution is 2.09.